The first-order chi connectivity index (χ1) is 15.5. The van der Waals surface area contributed by atoms with Crippen molar-refractivity contribution >= 4 is 19.4 Å². The minimum absolute atomic E-state index is 0.0655. The van der Waals surface area contributed by atoms with Crippen molar-refractivity contribution in [2.24, 2.45) is 0 Å². The molecule has 3 atom stereocenters. The van der Waals surface area contributed by atoms with Gasteiger partial charge in [-0.1, -0.05) is 0 Å². The fourth-order valence-corrected chi connectivity index (χ4v) is 4.90. The SMILES string of the molecule is C=C[C@H](OCc1ccccc1)[C@@H](OCc1ccccc1)[C@H](O)C(F)(F)[Se]c1ccccc1. The van der Waals surface area contributed by atoms with Crippen molar-refractivity contribution in [1.29, 1.82) is 0 Å². The maximum atomic E-state index is 15.1. The van der Waals surface area contributed by atoms with Crippen molar-refractivity contribution in [3.63, 3.8) is 0 Å². The van der Waals surface area contributed by atoms with Gasteiger partial charge >= 0.3 is 194 Å². The zero-order valence-electron chi connectivity index (χ0n) is 17.5. The van der Waals surface area contributed by atoms with Gasteiger partial charge in [-0.2, -0.15) is 0 Å². The van der Waals surface area contributed by atoms with E-state index in [4.69, 9.17) is 9.47 Å². The van der Waals surface area contributed by atoms with E-state index in [0.29, 0.717) is 4.46 Å². The summed E-state index contributed by atoms with van der Waals surface area (Å²) < 4.78 is 42.5. The standard InChI is InChI=1S/C26H26F2O3Se/c1-2-23(30-18-20-12-6-3-7-13-20)24(31-19-21-14-8-4-9-15-21)25(29)26(27,28)32-22-16-10-5-11-17-22/h2-17,23-25,29H,1,18-19H2/t23-,24+,25-/m0/s1. The number of rotatable bonds is 12. The van der Waals surface area contributed by atoms with Crippen LogP contribution >= 0.6 is 0 Å². The summed E-state index contributed by atoms with van der Waals surface area (Å²) in [6.45, 7) is 3.99. The van der Waals surface area contributed by atoms with Gasteiger partial charge in [-0.15, -0.1) is 0 Å². The molecule has 3 aromatic rings. The van der Waals surface area contributed by atoms with Crippen LogP contribution in [0.4, 0.5) is 8.78 Å². The predicted octanol–water partition coefficient (Wildman–Crippen LogP) is 4.33. The van der Waals surface area contributed by atoms with Gasteiger partial charge in [0, 0.05) is 0 Å². The average molecular weight is 503 g/mol. The summed E-state index contributed by atoms with van der Waals surface area (Å²) in [7, 11) is 0. The molecule has 0 aromatic heterocycles. The number of alkyl halides is 2. The third-order valence-corrected chi connectivity index (χ3v) is 6.92. The Morgan fingerprint density at radius 2 is 1.28 bits per heavy atom. The van der Waals surface area contributed by atoms with Gasteiger partial charge in [-0.25, -0.2) is 0 Å². The molecule has 0 aliphatic heterocycles. The quantitative estimate of drug-likeness (QED) is 0.296. The molecule has 0 aliphatic rings. The first kappa shape index (κ1) is 24.3. The number of halogens is 2. The van der Waals surface area contributed by atoms with Crippen molar-refractivity contribution in [2.45, 2.75) is 36.3 Å². The van der Waals surface area contributed by atoms with E-state index >= 15 is 8.78 Å². The first-order valence-electron chi connectivity index (χ1n) is 10.2. The van der Waals surface area contributed by atoms with Gasteiger partial charge in [0.2, 0.25) is 0 Å². The van der Waals surface area contributed by atoms with E-state index in [0.717, 1.165) is 11.1 Å². The summed E-state index contributed by atoms with van der Waals surface area (Å²) in [5, 5.41) is 10.8. The Morgan fingerprint density at radius 1 is 0.812 bits per heavy atom. The molecular formula is C26H26F2O3Se. The number of benzene rings is 3. The number of hydrogen-bond donors (Lipinski definition) is 1. The average Bonchev–Trinajstić information content (AvgIpc) is 2.82. The van der Waals surface area contributed by atoms with E-state index in [1.54, 1.807) is 30.3 Å². The Labute approximate surface area is 193 Å². The molecular weight excluding hydrogens is 477 g/mol. The molecule has 0 fully saturated rings. The molecule has 3 nitrogen and oxygen atoms in total. The van der Waals surface area contributed by atoms with Crippen molar-refractivity contribution in [2.75, 3.05) is 0 Å². The number of ether oxygens (including phenoxy) is 2. The summed E-state index contributed by atoms with van der Waals surface area (Å²) >= 11 is -1.28. The van der Waals surface area contributed by atoms with Gasteiger partial charge in [-0.05, 0) is 0 Å². The monoisotopic (exact) mass is 504 g/mol. The first-order valence-corrected chi connectivity index (χ1v) is 11.9. The summed E-state index contributed by atoms with van der Waals surface area (Å²) in [4.78, 5) is -3.37. The topological polar surface area (TPSA) is 38.7 Å². The zero-order valence-corrected chi connectivity index (χ0v) is 19.2. The van der Waals surface area contributed by atoms with E-state index in [-0.39, 0.29) is 13.2 Å². The summed E-state index contributed by atoms with van der Waals surface area (Å²) in [5.41, 5.74) is 1.70. The summed E-state index contributed by atoms with van der Waals surface area (Å²) in [5.74, 6) is 0. The second-order valence-corrected chi connectivity index (χ2v) is 9.74. The van der Waals surface area contributed by atoms with Crippen LogP contribution in [0.3, 0.4) is 0 Å². The Balaban J connectivity index is 1.78. The molecule has 32 heavy (non-hydrogen) atoms. The maximum absolute atomic E-state index is 15.1. The van der Waals surface area contributed by atoms with Crippen LogP contribution in [0.2, 0.25) is 0 Å². The van der Waals surface area contributed by atoms with Crippen LogP contribution in [0.15, 0.2) is 104 Å². The Kier molecular flexibility index (Phi) is 9.15. The van der Waals surface area contributed by atoms with Crippen LogP contribution in [0, 0.1) is 0 Å². The van der Waals surface area contributed by atoms with Gasteiger partial charge in [0.05, 0.1) is 0 Å². The van der Waals surface area contributed by atoms with Crippen LogP contribution < -0.4 is 4.46 Å². The third kappa shape index (κ3) is 7.09. The molecule has 0 saturated carbocycles. The van der Waals surface area contributed by atoms with Crippen molar-refractivity contribution < 1.29 is 23.4 Å². The number of hydrogen-bond acceptors (Lipinski definition) is 3. The third-order valence-electron chi connectivity index (χ3n) is 4.78. The summed E-state index contributed by atoms with van der Waals surface area (Å²) in [6.07, 6.45) is -2.87. The van der Waals surface area contributed by atoms with E-state index in [9.17, 15) is 5.11 Å². The number of aliphatic hydroxyl groups excluding tert-OH is 1. The molecule has 0 radical (unpaired) electrons. The molecule has 1 N–H and O–H groups in total. The van der Waals surface area contributed by atoms with E-state index < -0.39 is 38.1 Å². The van der Waals surface area contributed by atoms with Gasteiger partial charge in [0.15, 0.2) is 0 Å². The summed E-state index contributed by atoms with van der Waals surface area (Å²) in [6, 6.07) is 27.1. The van der Waals surface area contributed by atoms with Gasteiger partial charge in [0.1, 0.15) is 0 Å². The van der Waals surface area contributed by atoms with E-state index in [1.807, 2.05) is 60.7 Å². The number of aliphatic hydroxyl groups is 1. The molecule has 0 aliphatic carbocycles. The van der Waals surface area contributed by atoms with Gasteiger partial charge in [-0.3, -0.25) is 0 Å². The second kappa shape index (κ2) is 12.0. The molecule has 6 heteroatoms. The molecule has 0 amide bonds. The minimum atomic E-state index is -3.37. The predicted molar refractivity (Wildman–Crippen MR) is 123 cm³/mol. The van der Waals surface area contributed by atoms with E-state index in [2.05, 4.69) is 6.58 Å². The fraction of sp³-hybridized carbons (Fsp3) is 0.231. The van der Waals surface area contributed by atoms with Crippen LogP contribution in [-0.2, 0) is 22.7 Å². The fourth-order valence-electron chi connectivity index (χ4n) is 3.09. The molecule has 3 rings (SSSR count). The Morgan fingerprint density at radius 3 is 1.78 bits per heavy atom. The normalized spacial score (nSPS) is 14.5. The second-order valence-electron chi connectivity index (χ2n) is 7.18. The van der Waals surface area contributed by atoms with E-state index in [1.165, 1.54) is 6.08 Å². The van der Waals surface area contributed by atoms with Crippen LogP contribution in [0.25, 0.3) is 0 Å². The van der Waals surface area contributed by atoms with Crippen molar-refractivity contribution in [3.05, 3.63) is 115 Å². The molecule has 0 heterocycles. The van der Waals surface area contributed by atoms with Gasteiger partial charge in [0.25, 0.3) is 0 Å². The molecule has 168 valence electrons. The van der Waals surface area contributed by atoms with Crippen molar-refractivity contribution in [3.8, 4) is 0 Å². The molecule has 3 aromatic carbocycles. The Bertz CT molecular complexity index is 939. The van der Waals surface area contributed by atoms with Crippen LogP contribution in [0.5, 0.6) is 0 Å². The van der Waals surface area contributed by atoms with Crippen LogP contribution in [-0.4, -0.2) is 43.2 Å². The van der Waals surface area contributed by atoms with Crippen molar-refractivity contribution in [1.82, 2.24) is 0 Å². The zero-order chi connectivity index (χ0) is 22.8. The molecule has 0 bridgehead atoms. The van der Waals surface area contributed by atoms with Gasteiger partial charge < -0.3 is 0 Å². The van der Waals surface area contributed by atoms with Crippen LogP contribution in [0.1, 0.15) is 11.1 Å². The Hall–Kier alpha value is -2.34. The molecule has 0 saturated heterocycles. The molecule has 0 spiro atoms. The molecule has 0 unspecified atom stereocenters.